The summed E-state index contributed by atoms with van der Waals surface area (Å²) in [4.78, 5) is 0. The molecule has 0 aliphatic rings. The molecule has 108 valence electrons. The van der Waals surface area contributed by atoms with Gasteiger partial charge in [0, 0.05) is 19.8 Å². The Balaban J connectivity index is 2.60. The number of aryl methyl sites for hydroxylation is 1. The second kappa shape index (κ2) is 9.64. The molecule has 1 rings (SSSR count). The van der Waals surface area contributed by atoms with Gasteiger partial charge in [-0.05, 0) is 30.9 Å². The first kappa shape index (κ1) is 15.8. The fraction of sp³-hybridized carbons (Fsp3) is 0.600. The maximum atomic E-state index is 5.67. The van der Waals surface area contributed by atoms with Crippen LogP contribution in [0.5, 0.6) is 11.5 Å². The number of methoxy groups -OCH3 is 2. The minimum atomic E-state index is 0.276. The summed E-state index contributed by atoms with van der Waals surface area (Å²) in [6.07, 6.45) is 2.87. The van der Waals surface area contributed by atoms with Gasteiger partial charge in [-0.3, -0.25) is 0 Å². The Bertz CT molecular complexity index is 352. The lowest BCUT2D eigenvalue weighted by molar-refractivity contribution is 0.0150. The van der Waals surface area contributed by atoms with E-state index in [1.807, 2.05) is 18.2 Å². The Morgan fingerprint density at radius 2 is 1.95 bits per heavy atom. The van der Waals surface area contributed by atoms with E-state index in [-0.39, 0.29) is 6.79 Å². The van der Waals surface area contributed by atoms with Crippen molar-refractivity contribution in [2.45, 2.75) is 26.2 Å². The van der Waals surface area contributed by atoms with Crippen LogP contribution in [-0.2, 0) is 15.9 Å². The van der Waals surface area contributed by atoms with Crippen molar-refractivity contribution in [2.24, 2.45) is 0 Å². The van der Waals surface area contributed by atoms with E-state index < -0.39 is 0 Å². The molecular formula is C15H24O4. The van der Waals surface area contributed by atoms with Gasteiger partial charge in [-0.2, -0.15) is 0 Å². The minimum Gasteiger partial charge on any atom is -0.497 e. The van der Waals surface area contributed by atoms with Gasteiger partial charge in [0.05, 0.1) is 13.7 Å². The molecule has 0 aromatic heterocycles. The molecule has 19 heavy (non-hydrogen) atoms. The highest BCUT2D eigenvalue weighted by molar-refractivity contribution is 5.40. The van der Waals surface area contributed by atoms with E-state index in [4.69, 9.17) is 18.9 Å². The second-order valence-electron chi connectivity index (χ2n) is 4.24. The van der Waals surface area contributed by atoms with Crippen LogP contribution >= 0.6 is 0 Å². The van der Waals surface area contributed by atoms with Gasteiger partial charge in [0.25, 0.3) is 0 Å². The Morgan fingerprint density at radius 1 is 1.11 bits per heavy atom. The Hall–Kier alpha value is -1.26. The maximum Gasteiger partial charge on any atom is 0.189 e. The van der Waals surface area contributed by atoms with Gasteiger partial charge >= 0.3 is 0 Å². The summed E-state index contributed by atoms with van der Waals surface area (Å²) in [6, 6.07) is 5.88. The second-order valence-corrected chi connectivity index (χ2v) is 4.24. The van der Waals surface area contributed by atoms with Crippen molar-refractivity contribution in [3.63, 3.8) is 0 Å². The molecule has 4 heteroatoms. The highest BCUT2D eigenvalue weighted by Gasteiger charge is 2.06. The van der Waals surface area contributed by atoms with Crippen molar-refractivity contribution in [1.82, 2.24) is 0 Å². The highest BCUT2D eigenvalue weighted by Crippen LogP contribution is 2.26. The molecule has 0 spiro atoms. The van der Waals surface area contributed by atoms with Crippen molar-refractivity contribution in [2.75, 3.05) is 34.2 Å². The molecule has 1 aromatic rings. The predicted molar refractivity (Wildman–Crippen MR) is 74.9 cm³/mol. The van der Waals surface area contributed by atoms with Gasteiger partial charge in [0.2, 0.25) is 0 Å². The summed E-state index contributed by atoms with van der Waals surface area (Å²) in [5, 5.41) is 0. The van der Waals surface area contributed by atoms with Gasteiger partial charge in [0.1, 0.15) is 11.5 Å². The lowest BCUT2D eigenvalue weighted by Gasteiger charge is -2.13. The summed E-state index contributed by atoms with van der Waals surface area (Å²) in [5.74, 6) is 1.62. The van der Waals surface area contributed by atoms with Crippen molar-refractivity contribution >= 4 is 0 Å². The van der Waals surface area contributed by atoms with Crippen LogP contribution in [0.4, 0.5) is 0 Å². The quantitative estimate of drug-likeness (QED) is 0.483. The molecule has 0 saturated carbocycles. The van der Waals surface area contributed by atoms with Crippen molar-refractivity contribution in [3.8, 4) is 11.5 Å². The van der Waals surface area contributed by atoms with Crippen LogP contribution in [0.25, 0.3) is 0 Å². The van der Waals surface area contributed by atoms with Gasteiger partial charge in [-0.1, -0.05) is 13.0 Å². The van der Waals surface area contributed by atoms with E-state index in [9.17, 15) is 0 Å². The molecule has 0 N–H and O–H groups in total. The van der Waals surface area contributed by atoms with Crippen LogP contribution in [-0.4, -0.2) is 34.2 Å². The molecule has 0 unspecified atom stereocenters. The van der Waals surface area contributed by atoms with Crippen LogP contribution in [0.2, 0.25) is 0 Å². The maximum absolute atomic E-state index is 5.67. The summed E-state index contributed by atoms with van der Waals surface area (Å²) < 4.78 is 21.3. The Morgan fingerprint density at radius 3 is 2.63 bits per heavy atom. The lowest BCUT2D eigenvalue weighted by atomic mass is 10.1. The molecule has 0 atom stereocenters. The normalized spacial score (nSPS) is 10.5. The molecule has 0 aliphatic carbocycles. The van der Waals surface area contributed by atoms with Crippen LogP contribution in [0, 0.1) is 0 Å². The third-order valence-corrected chi connectivity index (χ3v) is 2.72. The predicted octanol–water partition coefficient (Wildman–Crippen LogP) is 3.04. The van der Waals surface area contributed by atoms with Crippen LogP contribution in [0.15, 0.2) is 18.2 Å². The minimum absolute atomic E-state index is 0.276. The van der Waals surface area contributed by atoms with Crippen molar-refractivity contribution in [3.05, 3.63) is 23.8 Å². The molecule has 0 fully saturated rings. The summed E-state index contributed by atoms with van der Waals surface area (Å²) >= 11 is 0. The molecule has 0 aliphatic heterocycles. The first-order chi connectivity index (χ1) is 9.31. The molecule has 0 amide bonds. The topological polar surface area (TPSA) is 36.9 Å². The third-order valence-electron chi connectivity index (χ3n) is 2.72. The van der Waals surface area contributed by atoms with E-state index in [2.05, 4.69) is 6.92 Å². The van der Waals surface area contributed by atoms with Crippen molar-refractivity contribution < 1.29 is 18.9 Å². The standard InChI is InChI=1S/C15H24O4/c1-4-9-18-12-19-15-11-14(17-3)8-7-13(15)6-5-10-16-2/h7-8,11H,4-6,9-10,12H2,1-3H3. The molecule has 0 heterocycles. The number of hydrogen-bond donors (Lipinski definition) is 0. The number of hydrogen-bond acceptors (Lipinski definition) is 4. The zero-order valence-electron chi connectivity index (χ0n) is 12.1. The van der Waals surface area contributed by atoms with Gasteiger partial charge < -0.3 is 18.9 Å². The van der Waals surface area contributed by atoms with E-state index in [1.165, 1.54) is 0 Å². The highest BCUT2D eigenvalue weighted by atomic mass is 16.7. The fourth-order valence-electron chi connectivity index (χ4n) is 1.72. The fourth-order valence-corrected chi connectivity index (χ4v) is 1.72. The van der Waals surface area contributed by atoms with Crippen LogP contribution in [0.3, 0.4) is 0 Å². The average Bonchev–Trinajstić information content (AvgIpc) is 2.45. The largest absolute Gasteiger partial charge is 0.497 e. The Labute approximate surface area is 115 Å². The number of ether oxygens (including phenoxy) is 4. The molecule has 4 nitrogen and oxygen atoms in total. The van der Waals surface area contributed by atoms with Crippen LogP contribution in [0.1, 0.15) is 25.3 Å². The van der Waals surface area contributed by atoms with E-state index in [1.54, 1.807) is 14.2 Å². The zero-order valence-corrected chi connectivity index (χ0v) is 12.1. The van der Waals surface area contributed by atoms with E-state index in [0.29, 0.717) is 6.61 Å². The molecule has 1 aromatic carbocycles. The van der Waals surface area contributed by atoms with E-state index >= 15 is 0 Å². The first-order valence-corrected chi connectivity index (χ1v) is 6.68. The summed E-state index contributed by atoms with van der Waals surface area (Å²) in [5.41, 5.74) is 1.15. The van der Waals surface area contributed by atoms with Gasteiger partial charge in [0.15, 0.2) is 6.79 Å². The zero-order chi connectivity index (χ0) is 13.9. The van der Waals surface area contributed by atoms with Crippen LogP contribution < -0.4 is 9.47 Å². The summed E-state index contributed by atoms with van der Waals surface area (Å²) in [6.45, 7) is 3.81. The van der Waals surface area contributed by atoms with Gasteiger partial charge in [-0.15, -0.1) is 0 Å². The molecule has 0 radical (unpaired) electrons. The van der Waals surface area contributed by atoms with Gasteiger partial charge in [-0.25, -0.2) is 0 Å². The SMILES string of the molecule is CCCOCOc1cc(OC)ccc1CCCOC. The monoisotopic (exact) mass is 268 g/mol. The molecular weight excluding hydrogens is 244 g/mol. The lowest BCUT2D eigenvalue weighted by Crippen LogP contribution is -2.06. The molecule has 0 saturated heterocycles. The average molecular weight is 268 g/mol. The smallest absolute Gasteiger partial charge is 0.189 e. The molecule has 0 bridgehead atoms. The number of rotatable bonds is 10. The Kier molecular flexibility index (Phi) is 8.02. The van der Waals surface area contributed by atoms with E-state index in [0.717, 1.165) is 42.9 Å². The summed E-state index contributed by atoms with van der Waals surface area (Å²) in [7, 11) is 3.36. The third kappa shape index (κ3) is 5.94. The van der Waals surface area contributed by atoms with Crippen molar-refractivity contribution in [1.29, 1.82) is 0 Å². The first-order valence-electron chi connectivity index (χ1n) is 6.68. The number of benzene rings is 1.